The summed E-state index contributed by atoms with van der Waals surface area (Å²) in [5.74, 6) is -2.07. The van der Waals surface area contributed by atoms with E-state index < -0.39 is 24.4 Å². The van der Waals surface area contributed by atoms with Crippen LogP contribution in [0.25, 0.3) is 0 Å². The number of primary amides is 1. The van der Waals surface area contributed by atoms with Gasteiger partial charge in [-0.15, -0.1) is 11.8 Å². The fourth-order valence-corrected chi connectivity index (χ4v) is 3.50. The van der Waals surface area contributed by atoms with E-state index in [1.54, 1.807) is 18.2 Å². The predicted octanol–water partition coefficient (Wildman–Crippen LogP) is 2.13. The van der Waals surface area contributed by atoms with Crippen molar-refractivity contribution in [2.45, 2.75) is 18.7 Å². The lowest BCUT2D eigenvalue weighted by molar-refractivity contribution is -0.136. The Morgan fingerprint density at radius 1 is 1.03 bits per heavy atom. The number of benzene rings is 2. The van der Waals surface area contributed by atoms with Crippen molar-refractivity contribution in [2.24, 2.45) is 5.73 Å². The zero-order valence-electron chi connectivity index (χ0n) is 17.6. The Morgan fingerprint density at radius 3 is 2.32 bits per heavy atom. The summed E-state index contributed by atoms with van der Waals surface area (Å²) in [5.41, 5.74) is 7.93. The zero-order chi connectivity index (χ0) is 23.0. The predicted molar refractivity (Wildman–Crippen MR) is 119 cm³/mol. The van der Waals surface area contributed by atoms with Crippen LogP contribution in [0.5, 0.6) is 0 Å². The molecule has 0 radical (unpaired) electrons. The molecule has 8 nitrogen and oxygen atoms in total. The second-order valence-electron chi connectivity index (χ2n) is 6.89. The summed E-state index contributed by atoms with van der Waals surface area (Å²) >= 11 is 1.11. The number of likely N-dealkylation sites (N-methyl/N-ethyl adjacent to an activating group) is 1. The lowest BCUT2D eigenvalue weighted by Crippen LogP contribution is -2.37. The highest BCUT2D eigenvalue weighted by molar-refractivity contribution is 8.00. The zero-order valence-corrected chi connectivity index (χ0v) is 18.5. The molecule has 0 saturated carbocycles. The smallest absolute Gasteiger partial charge is 0.339 e. The van der Waals surface area contributed by atoms with Gasteiger partial charge in [0.25, 0.3) is 5.91 Å². The molecule has 2 aromatic rings. The molecule has 0 fully saturated rings. The van der Waals surface area contributed by atoms with Gasteiger partial charge >= 0.3 is 5.97 Å². The van der Waals surface area contributed by atoms with E-state index in [1.807, 2.05) is 32.0 Å². The second-order valence-corrected chi connectivity index (χ2v) is 7.91. The molecule has 0 aliphatic carbocycles. The van der Waals surface area contributed by atoms with Gasteiger partial charge in [0.05, 0.1) is 17.9 Å². The van der Waals surface area contributed by atoms with Crippen LogP contribution in [0.15, 0.2) is 47.4 Å². The average molecular weight is 444 g/mol. The molecule has 2 aromatic carbocycles. The fourth-order valence-electron chi connectivity index (χ4n) is 2.72. The molecule has 0 atom stereocenters. The van der Waals surface area contributed by atoms with Crippen molar-refractivity contribution in [1.29, 1.82) is 0 Å². The van der Waals surface area contributed by atoms with Crippen LogP contribution in [0, 0.1) is 13.8 Å². The van der Waals surface area contributed by atoms with Gasteiger partial charge in [-0.2, -0.15) is 0 Å². The Balaban J connectivity index is 1.90. The standard InChI is InChI=1S/C22H25N3O5S/c1-14-7-6-8-15(2)21(14)24-19(27)11-25(3)20(28)12-30-22(29)16-9-4-5-10-17(16)31-13-18(23)26/h4-10H,11-13H2,1-3H3,(H2,23,26)(H,24,27). The van der Waals surface area contributed by atoms with Crippen molar-refractivity contribution in [3.8, 4) is 0 Å². The van der Waals surface area contributed by atoms with E-state index in [1.165, 1.54) is 18.0 Å². The monoisotopic (exact) mass is 443 g/mol. The number of thioether (sulfide) groups is 1. The summed E-state index contributed by atoms with van der Waals surface area (Å²) in [5, 5.41) is 2.80. The molecule has 31 heavy (non-hydrogen) atoms. The van der Waals surface area contributed by atoms with E-state index in [0.717, 1.165) is 22.9 Å². The number of hydrogen-bond acceptors (Lipinski definition) is 6. The van der Waals surface area contributed by atoms with Crippen LogP contribution in [0.3, 0.4) is 0 Å². The average Bonchev–Trinajstić information content (AvgIpc) is 2.73. The van der Waals surface area contributed by atoms with Crippen LogP contribution in [-0.2, 0) is 19.1 Å². The number of para-hydroxylation sites is 1. The molecule has 2 rings (SSSR count). The van der Waals surface area contributed by atoms with Crippen LogP contribution in [0.1, 0.15) is 21.5 Å². The third kappa shape index (κ3) is 7.14. The second kappa shape index (κ2) is 11.2. The first-order valence-electron chi connectivity index (χ1n) is 9.46. The van der Waals surface area contributed by atoms with Crippen LogP contribution < -0.4 is 11.1 Å². The van der Waals surface area contributed by atoms with Crippen molar-refractivity contribution < 1.29 is 23.9 Å². The maximum Gasteiger partial charge on any atom is 0.339 e. The van der Waals surface area contributed by atoms with Gasteiger partial charge in [0, 0.05) is 17.6 Å². The summed E-state index contributed by atoms with van der Waals surface area (Å²) in [7, 11) is 1.46. The minimum atomic E-state index is -0.700. The maximum atomic E-state index is 12.4. The number of esters is 1. The van der Waals surface area contributed by atoms with Crippen LogP contribution >= 0.6 is 11.8 Å². The van der Waals surface area contributed by atoms with Crippen molar-refractivity contribution in [3.05, 3.63) is 59.2 Å². The van der Waals surface area contributed by atoms with Crippen molar-refractivity contribution in [1.82, 2.24) is 4.90 Å². The maximum absolute atomic E-state index is 12.4. The number of carbonyl (C=O) groups excluding carboxylic acids is 4. The van der Waals surface area contributed by atoms with E-state index in [2.05, 4.69) is 5.32 Å². The summed E-state index contributed by atoms with van der Waals surface area (Å²) in [6.07, 6.45) is 0. The van der Waals surface area contributed by atoms with E-state index in [4.69, 9.17) is 10.5 Å². The van der Waals surface area contributed by atoms with E-state index in [9.17, 15) is 19.2 Å². The molecule has 164 valence electrons. The summed E-state index contributed by atoms with van der Waals surface area (Å²) in [6, 6.07) is 12.2. The van der Waals surface area contributed by atoms with Gasteiger partial charge < -0.3 is 20.7 Å². The van der Waals surface area contributed by atoms with Crippen LogP contribution in [-0.4, -0.2) is 54.5 Å². The topological polar surface area (TPSA) is 119 Å². The minimum absolute atomic E-state index is 0.0153. The molecule has 0 saturated heterocycles. The number of hydrogen-bond donors (Lipinski definition) is 2. The molecule has 0 bridgehead atoms. The highest BCUT2D eigenvalue weighted by atomic mass is 32.2. The number of rotatable bonds is 9. The molecular weight excluding hydrogens is 418 g/mol. The van der Waals surface area contributed by atoms with Gasteiger partial charge in [0.15, 0.2) is 6.61 Å². The largest absolute Gasteiger partial charge is 0.452 e. The SMILES string of the molecule is Cc1cccc(C)c1NC(=O)CN(C)C(=O)COC(=O)c1ccccc1SCC(N)=O. The first-order valence-corrected chi connectivity index (χ1v) is 10.4. The van der Waals surface area contributed by atoms with Gasteiger partial charge in [-0.1, -0.05) is 30.3 Å². The first-order chi connectivity index (χ1) is 14.7. The summed E-state index contributed by atoms with van der Waals surface area (Å²) in [6.45, 7) is 3.07. The fraction of sp³-hybridized carbons (Fsp3) is 0.273. The number of nitrogens with two attached hydrogens (primary N) is 1. The molecule has 3 amide bonds. The third-order valence-corrected chi connectivity index (χ3v) is 5.45. The molecule has 0 aromatic heterocycles. The molecule has 0 heterocycles. The molecule has 3 N–H and O–H groups in total. The Labute approximate surface area is 185 Å². The Kier molecular flexibility index (Phi) is 8.63. The first kappa shape index (κ1) is 23.9. The lowest BCUT2D eigenvalue weighted by Gasteiger charge is -2.18. The number of aryl methyl sites for hydroxylation is 2. The van der Waals surface area contributed by atoms with Gasteiger partial charge in [-0.3, -0.25) is 14.4 Å². The number of nitrogens with one attached hydrogen (secondary N) is 1. The lowest BCUT2D eigenvalue weighted by atomic mass is 10.1. The highest BCUT2D eigenvalue weighted by Crippen LogP contribution is 2.23. The number of amides is 3. The Hall–Kier alpha value is -3.33. The van der Waals surface area contributed by atoms with Crippen molar-refractivity contribution in [3.63, 3.8) is 0 Å². The van der Waals surface area contributed by atoms with Gasteiger partial charge in [-0.25, -0.2) is 4.79 Å². The highest BCUT2D eigenvalue weighted by Gasteiger charge is 2.18. The minimum Gasteiger partial charge on any atom is -0.452 e. The molecule has 0 aliphatic rings. The van der Waals surface area contributed by atoms with Crippen molar-refractivity contribution in [2.75, 3.05) is 31.3 Å². The Bertz CT molecular complexity index is 973. The van der Waals surface area contributed by atoms with E-state index in [0.29, 0.717) is 10.6 Å². The number of anilines is 1. The summed E-state index contributed by atoms with van der Waals surface area (Å²) < 4.78 is 5.11. The van der Waals surface area contributed by atoms with Gasteiger partial charge in [-0.05, 0) is 37.1 Å². The van der Waals surface area contributed by atoms with E-state index >= 15 is 0 Å². The summed E-state index contributed by atoms with van der Waals surface area (Å²) in [4.78, 5) is 49.7. The van der Waals surface area contributed by atoms with Crippen LogP contribution in [0.2, 0.25) is 0 Å². The van der Waals surface area contributed by atoms with Crippen LogP contribution in [0.4, 0.5) is 5.69 Å². The molecule has 9 heteroatoms. The van der Waals surface area contributed by atoms with Gasteiger partial charge in [0.2, 0.25) is 11.8 Å². The van der Waals surface area contributed by atoms with Crippen molar-refractivity contribution >= 4 is 41.1 Å². The normalized spacial score (nSPS) is 10.3. The number of ether oxygens (including phenoxy) is 1. The molecule has 0 spiro atoms. The van der Waals surface area contributed by atoms with E-state index in [-0.39, 0.29) is 23.8 Å². The van der Waals surface area contributed by atoms with Gasteiger partial charge in [0.1, 0.15) is 0 Å². The Morgan fingerprint density at radius 2 is 1.68 bits per heavy atom. The molecule has 0 aliphatic heterocycles. The number of nitrogens with zero attached hydrogens (tertiary/aromatic N) is 1. The molecular formula is C22H25N3O5S. The molecule has 0 unspecified atom stereocenters. The quantitative estimate of drug-likeness (QED) is 0.453. The number of carbonyl (C=O) groups is 4. The third-order valence-electron chi connectivity index (χ3n) is 4.36.